The lowest BCUT2D eigenvalue weighted by molar-refractivity contribution is 0.292. The molecule has 0 fully saturated rings. The summed E-state index contributed by atoms with van der Waals surface area (Å²) < 4.78 is 12.4. The van der Waals surface area contributed by atoms with Crippen molar-refractivity contribution < 1.29 is 9.47 Å². The summed E-state index contributed by atoms with van der Waals surface area (Å²) in [4.78, 5) is 0. The van der Waals surface area contributed by atoms with Crippen molar-refractivity contribution in [3.8, 4) is 11.5 Å². The van der Waals surface area contributed by atoms with Gasteiger partial charge in [-0.25, -0.2) is 0 Å². The summed E-state index contributed by atoms with van der Waals surface area (Å²) in [5.41, 5.74) is 2.38. The Morgan fingerprint density at radius 3 is 1.17 bits per heavy atom. The maximum atomic E-state index is 6.27. The Hall–Kier alpha value is -0.220. The first kappa shape index (κ1) is 33.8. The second kappa shape index (κ2) is 25.1. The highest BCUT2D eigenvalue weighted by Gasteiger charge is 2.12. The second-order valence-electron chi connectivity index (χ2n) is 10.4. The Morgan fingerprint density at radius 1 is 0.472 bits per heavy atom. The third-order valence-corrected chi connectivity index (χ3v) is 8.22. The predicted octanol–water partition coefficient (Wildman–Crippen LogP) is 12.1. The number of rotatable bonds is 26. The van der Waals surface area contributed by atoms with Crippen molar-refractivity contribution in [2.24, 2.45) is 0 Å². The van der Waals surface area contributed by atoms with Gasteiger partial charge < -0.3 is 9.47 Å². The van der Waals surface area contributed by atoms with Gasteiger partial charge in [0.1, 0.15) is 11.5 Å². The number of hydrogen-bond donors (Lipinski definition) is 0. The van der Waals surface area contributed by atoms with Gasteiger partial charge in [-0.15, -0.1) is 0 Å². The maximum Gasteiger partial charge on any atom is 0.127 e. The van der Waals surface area contributed by atoms with Crippen LogP contribution >= 0.6 is 31.9 Å². The monoisotopic (exact) mass is 630 g/mol. The van der Waals surface area contributed by atoms with Crippen LogP contribution < -0.4 is 9.47 Å². The van der Waals surface area contributed by atoms with E-state index in [4.69, 9.17) is 9.47 Å². The van der Waals surface area contributed by atoms with Gasteiger partial charge in [-0.2, -0.15) is 0 Å². The fourth-order valence-electron chi connectivity index (χ4n) is 4.73. The first-order chi connectivity index (χ1) is 17.8. The first-order valence-corrected chi connectivity index (χ1v) is 17.5. The number of hydrogen-bond acceptors (Lipinski definition) is 2. The number of halogens is 2. The van der Waals surface area contributed by atoms with Crippen molar-refractivity contribution in [3.63, 3.8) is 0 Å². The molecule has 0 spiro atoms. The van der Waals surface area contributed by atoms with Crippen LogP contribution in [-0.2, 0) is 10.7 Å². The van der Waals surface area contributed by atoms with Crippen LogP contribution in [0.15, 0.2) is 12.1 Å². The largest absolute Gasteiger partial charge is 0.494 e. The Balaban J connectivity index is 2.23. The van der Waals surface area contributed by atoms with Crippen LogP contribution in [0.1, 0.15) is 153 Å². The molecule has 4 heteroatoms. The number of ether oxygens (including phenoxy) is 2. The molecule has 0 aromatic heterocycles. The van der Waals surface area contributed by atoms with Gasteiger partial charge in [0.05, 0.1) is 13.2 Å². The molecule has 0 radical (unpaired) electrons. The highest BCUT2D eigenvalue weighted by molar-refractivity contribution is 9.08. The summed E-state index contributed by atoms with van der Waals surface area (Å²) in [6.45, 7) is 6.17. The zero-order valence-electron chi connectivity index (χ0n) is 23.7. The second-order valence-corrected chi connectivity index (χ2v) is 11.5. The lowest BCUT2D eigenvalue weighted by atomic mass is 10.1. The molecule has 2 nitrogen and oxygen atoms in total. The molecule has 1 aromatic rings. The third-order valence-electron chi connectivity index (χ3n) is 7.02. The molecule has 210 valence electrons. The molecular formula is C32H56Br2O2. The molecule has 0 aliphatic rings. The van der Waals surface area contributed by atoms with E-state index >= 15 is 0 Å². The van der Waals surface area contributed by atoms with Crippen molar-refractivity contribution in [2.45, 2.75) is 153 Å². The van der Waals surface area contributed by atoms with E-state index in [1.54, 1.807) is 0 Å². The van der Waals surface area contributed by atoms with E-state index in [-0.39, 0.29) is 0 Å². The van der Waals surface area contributed by atoms with Crippen LogP contribution in [0, 0.1) is 0 Å². The van der Waals surface area contributed by atoms with Crippen LogP contribution in [0.3, 0.4) is 0 Å². The smallest absolute Gasteiger partial charge is 0.127 e. The molecule has 0 unspecified atom stereocenters. The van der Waals surface area contributed by atoms with Crippen LogP contribution in [-0.4, -0.2) is 13.2 Å². The zero-order valence-corrected chi connectivity index (χ0v) is 26.9. The van der Waals surface area contributed by atoms with E-state index in [1.165, 1.54) is 127 Å². The number of alkyl halides is 2. The molecule has 0 atom stereocenters. The number of benzene rings is 1. The van der Waals surface area contributed by atoms with Gasteiger partial charge in [-0.05, 0) is 25.0 Å². The van der Waals surface area contributed by atoms with Crippen LogP contribution in [0.2, 0.25) is 0 Å². The van der Waals surface area contributed by atoms with Crippen LogP contribution in [0.5, 0.6) is 11.5 Å². The summed E-state index contributed by atoms with van der Waals surface area (Å²) in [6.07, 6.45) is 27.0. The Kier molecular flexibility index (Phi) is 23.6. The van der Waals surface area contributed by atoms with E-state index in [9.17, 15) is 0 Å². The van der Waals surface area contributed by atoms with Gasteiger partial charge in [-0.1, -0.05) is 161 Å². The van der Waals surface area contributed by atoms with Gasteiger partial charge in [0.25, 0.3) is 0 Å². The van der Waals surface area contributed by atoms with Crippen molar-refractivity contribution >= 4 is 31.9 Å². The molecular weight excluding hydrogens is 576 g/mol. The number of unbranched alkanes of at least 4 members (excludes halogenated alkanes) is 18. The van der Waals surface area contributed by atoms with Crippen molar-refractivity contribution in [3.05, 3.63) is 23.3 Å². The highest BCUT2D eigenvalue weighted by Crippen LogP contribution is 2.33. The average Bonchev–Trinajstić information content (AvgIpc) is 2.90. The summed E-state index contributed by atoms with van der Waals surface area (Å²) in [5, 5.41) is 1.58. The highest BCUT2D eigenvalue weighted by atomic mass is 79.9. The molecule has 1 aromatic carbocycles. The molecule has 0 saturated heterocycles. The first-order valence-electron chi connectivity index (χ1n) is 15.3. The fraction of sp³-hybridized carbons (Fsp3) is 0.812. The summed E-state index contributed by atoms with van der Waals surface area (Å²) in [6, 6.07) is 4.32. The van der Waals surface area contributed by atoms with Gasteiger partial charge in [0.15, 0.2) is 0 Å². The van der Waals surface area contributed by atoms with Crippen molar-refractivity contribution in [2.75, 3.05) is 13.2 Å². The van der Waals surface area contributed by atoms with Crippen LogP contribution in [0.25, 0.3) is 0 Å². The normalized spacial score (nSPS) is 11.2. The van der Waals surface area contributed by atoms with Gasteiger partial charge in [0, 0.05) is 21.8 Å². The predicted molar refractivity (Wildman–Crippen MR) is 166 cm³/mol. The quantitative estimate of drug-likeness (QED) is 0.0747. The Labute approximate surface area is 241 Å². The van der Waals surface area contributed by atoms with Crippen molar-refractivity contribution in [1.29, 1.82) is 0 Å². The topological polar surface area (TPSA) is 18.5 Å². The van der Waals surface area contributed by atoms with E-state index in [0.29, 0.717) is 0 Å². The SMILES string of the molecule is CCCCCCCCCCCCOc1cc(CBr)c(OCCCCCCCCCCCC)c(CBr)c1. The minimum Gasteiger partial charge on any atom is -0.494 e. The van der Waals surface area contributed by atoms with Crippen molar-refractivity contribution in [1.82, 2.24) is 0 Å². The molecule has 1 rings (SSSR count). The molecule has 0 amide bonds. The average molecular weight is 633 g/mol. The summed E-state index contributed by atoms with van der Waals surface area (Å²) in [5.74, 6) is 2.01. The minimum absolute atomic E-state index is 0.788. The lowest BCUT2D eigenvalue weighted by Crippen LogP contribution is -2.04. The van der Waals surface area contributed by atoms with E-state index < -0.39 is 0 Å². The zero-order chi connectivity index (χ0) is 26.1. The van der Waals surface area contributed by atoms with E-state index in [2.05, 4.69) is 57.8 Å². The molecule has 0 saturated carbocycles. The maximum absolute atomic E-state index is 6.27. The van der Waals surface area contributed by atoms with Crippen LogP contribution in [0.4, 0.5) is 0 Å². The van der Waals surface area contributed by atoms with E-state index in [0.717, 1.165) is 48.2 Å². The van der Waals surface area contributed by atoms with Gasteiger partial charge >= 0.3 is 0 Å². The fourth-order valence-corrected chi connectivity index (χ4v) is 5.57. The molecule has 0 heterocycles. The summed E-state index contributed by atoms with van der Waals surface area (Å²) >= 11 is 7.33. The molecule has 0 aliphatic carbocycles. The lowest BCUT2D eigenvalue weighted by Gasteiger charge is -2.16. The summed E-state index contributed by atoms with van der Waals surface area (Å²) in [7, 11) is 0. The molecule has 36 heavy (non-hydrogen) atoms. The third kappa shape index (κ3) is 17.3. The molecule has 0 aliphatic heterocycles. The Bertz CT molecular complexity index is 595. The van der Waals surface area contributed by atoms with Gasteiger partial charge in [0.2, 0.25) is 0 Å². The Morgan fingerprint density at radius 2 is 0.806 bits per heavy atom. The molecule has 0 bridgehead atoms. The minimum atomic E-state index is 0.788. The van der Waals surface area contributed by atoms with Gasteiger partial charge in [-0.3, -0.25) is 0 Å². The standard InChI is InChI=1S/C32H56Br2O2/c1-3-5-7-9-11-13-15-17-19-21-23-35-31-25-29(27-33)32(30(26-31)28-34)36-24-22-20-18-16-14-12-10-8-6-4-2/h25-26H,3-24,27-28H2,1-2H3. The van der Waals surface area contributed by atoms with E-state index in [1.807, 2.05) is 0 Å². The molecule has 0 N–H and O–H groups in total.